The molecule has 0 spiro atoms. The fourth-order valence-corrected chi connectivity index (χ4v) is 1.42. The number of aryl methyl sites for hydroxylation is 1. The number of nitrogens with zero attached hydrogens (tertiary/aromatic N) is 1. The second-order valence-corrected chi connectivity index (χ2v) is 2.77. The highest BCUT2D eigenvalue weighted by molar-refractivity contribution is 5.93. The lowest BCUT2D eigenvalue weighted by Crippen LogP contribution is -1.82. The Morgan fingerprint density at radius 3 is 2.83 bits per heavy atom. The predicted octanol–water partition coefficient (Wildman–Crippen LogP) is 2.09. The van der Waals surface area contributed by atoms with E-state index in [-0.39, 0.29) is 0 Å². The third kappa shape index (κ3) is 0.871. The van der Waals surface area contributed by atoms with Crippen molar-refractivity contribution in [1.29, 1.82) is 0 Å². The molecule has 0 fully saturated rings. The number of hydrogen-bond acceptors (Lipinski definition) is 2. The Labute approximate surface area is 70.2 Å². The quantitative estimate of drug-likeness (QED) is 0.650. The Morgan fingerprint density at radius 1 is 1.33 bits per heavy atom. The van der Waals surface area contributed by atoms with Crippen LogP contribution in [0.4, 0.5) is 5.69 Å². The van der Waals surface area contributed by atoms with Gasteiger partial charge >= 0.3 is 0 Å². The number of nitrogens with one attached hydrogen (secondary N) is 1. The number of hydrogen-bond donors (Lipinski definition) is 1. The number of aromatic nitrogens is 1. The van der Waals surface area contributed by atoms with Gasteiger partial charge in [-0.15, -0.1) is 0 Å². The zero-order valence-electron chi connectivity index (χ0n) is 6.74. The van der Waals surface area contributed by atoms with Gasteiger partial charge in [-0.25, -0.2) is 0 Å². The molecule has 0 amide bonds. The summed E-state index contributed by atoms with van der Waals surface area (Å²) in [4.78, 5) is 0. The molecule has 2 aromatic rings. The minimum Gasteiger partial charge on any atom is -0.761 e. The fraction of sp³-hybridized carbons (Fsp3) is 0.111. The molecule has 12 heavy (non-hydrogen) atoms. The van der Waals surface area contributed by atoms with Crippen molar-refractivity contribution < 1.29 is 0 Å². The van der Waals surface area contributed by atoms with Gasteiger partial charge in [-0.1, -0.05) is 18.2 Å². The smallest absolute Gasteiger partial charge is 0.0499 e. The van der Waals surface area contributed by atoms with Crippen LogP contribution in [0.1, 0.15) is 0 Å². The molecule has 0 saturated heterocycles. The number of fused-ring (bicyclic) bond motifs is 1. The van der Waals surface area contributed by atoms with Crippen LogP contribution >= 0.6 is 0 Å². The summed E-state index contributed by atoms with van der Waals surface area (Å²) in [5, 5.41) is 11.5. The summed E-state index contributed by atoms with van der Waals surface area (Å²) < 4.78 is 1.93. The number of benzene rings is 1. The Morgan fingerprint density at radius 2 is 2.08 bits per heavy atom. The van der Waals surface area contributed by atoms with E-state index in [4.69, 9.17) is 0 Å². The van der Waals surface area contributed by atoms with E-state index in [1.54, 1.807) is 6.20 Å². The third-order valence-corrected chi connectivity index (χ3v) is 2.01. The van der Waals surface area contributed by atoms with Crippen LogP contribution in [0.5, 0.6) is 0 Å². The summed E-state index contributed by atoms with van der Waals surface area (Å²) in [6.45, 7) is 0. The normalized spacial score (nSPS) is 10.5. The molecule has 0 bridgehead atoms. The molecular formula is C9H9N2O-. The topological polar surface area (TPSA) is 40.0 Å². The van der Waals surface area contributed by atoms with E-state index in [1.807, 2.05) is 41.4 Å². The highest BCUT2D eigenvalue weighted by Gasteiger charge is 2.00. The SMILES string of the molecule is Cn1cc(N[O-])c2ccccc21. The largest absolute Gasteiger partial charge is 0.761 e. The lowest BCUT2D eigenvalue weighted by atomic mass is 10.2. The van der Waals surface area contributed by atoms with Gasteiger partial charge in [0.2, 0.25) is 0 Å². The number of rotatable bonds is 1. The van der Waals surface area contributed by atoms with Crippen LogP contribution in [0.2, 0.25) is 0 Å². The summed E-state index contributed by atoms with van der Waals surface area (Å²) >= 11 is 0. The summed E-state index contributed by atoms with van der Waals surface area (Å²) in [6, 6.07) is 7.78. The van der Waals surface area contributed by atoms with E-state index in [9.17, 15) is 5.21 Å². The lowest BCUT2D eigenvalue weighted by molar-refractivity contribution is 0.970. The van der Waals surface area contributed by atoms with Crippen molar-refractivity contribution >= 4 is 16.6 Å². The molecule has 0 aliphatic rings. The van der Waals surface area contributed by atoms with Gasteiger partial charge in [0.15, 0.2) is 0 Å². The van der Waals surface area contributed by atoms with Crippen LogP contribution < -0.4 is 5.48 Å². The van der Waals surface area contributed by atoms with Crippen LogP contribution in [0, 0.1) is 5.21 Å². The number of anilines is 1. The van der Waals surface area contributed by atoms with Crippen LogP contribution in [0.25, 0.3) is 10.9 Å². The van der Waals surface area contributed by atoms with Crippen molar-refractivity contribution in [2.75, 3.05) is 5.48 Å². The van der Waals surface area contributed by atoms with E-state index in [2.05, 4.69) is 0 Å². The van der Waals surface area contributed by atoms with Gasteiger partial charge in [0.1, 0.15) is 0 Å². The van der Waals surface area contributed by atoms with Crippen LogP contribution in [-0.2, 0) is 7.05 Å². The molecule has 62 valence electrons. The average Bonchev–Trinajstić information content (AvgIpc) is 2.44. The molecule has 2 rings (SSSR count). The zero-order valence-corrected chi connectivity index (χ0v) is 6.74. The van der Waals surface area contributed by atoms with Gasteiger partial charge in [0.05, 0.1) is 0 Å². The minimum absolute atomic E-state index is 0.633. The summed E-state index contributed by atoms with van der Waals surface area (Å²) in [6.07, 6.45) is 1.79. The van der Waals surface area contributed by atoms with Crippen molar-refractivity contribution in [3.05, 3.63) is 35.7 Å². The molecule has 0 aliphatic carbocycles. The van der Waals surface area contributed by atoms with Crippen molar-refractivity contribution in [3.63, 3.8) is 0 Å². The molecular weight excluding hydrogens is 152 g/mol. The van der Waals surface area contributed by atoms with Crippen molar-refractivity contribution in [3.8, 4) is 0 Å². The summed E-state index contributed by atoms with van der Waals surface area (Å²) in [5.41, 5.74) is 3.62. The van der Waals surface area contributed by atoms with E-state index < -0.39 is 0 Å². The molecule has 0 radical (unpaired) electrons. The Hall–Kier alpha value is -1.48. The lowest BCUT2D eigenvalue weighted by Gasteiger charge is -2.05. The first-order chi connectivity index (χ1) is 5.83. The highest BCUT2D eigenvalue weighted by atomic mass is 16.5. The van der Waals surface area contributed by atoms with Crippen molar-refractivity contribution in [2.45, 2.75) is 0 Å². The maximum Gasteiger partial charge on any atom is 0.0499 e. The molecule has 3 heteroatoms. The Balaban J connectivity index is 2.82. The van der Waals surface area contributed by atoms with Gasteiger partial charge in [-0.2, -0.15) is 0 Å². The molecule has 0 saturated carbocycles. The van der Waals surface area contributed by atoms with Crippen molar-refractivity contribution in [1.82, 2.24) is 4.57 Å². The second kappa shape index (κ2) is 2.53. The van der Waals surface area contributed by atoms with E-state index in [0.29, 0.717) is 5.69 Å². The Kier molecular flexibility index (Phi) is 1.52. The maximum atomic E-state index is 10.5. The summed E-state index contributed by atoms with van der Waals surface area (Å²) in [5.74, 6) is 0. The predicted molar refractivity (Wildman–Crippen MR) is 49.9 cm³/mol. The van der Waals surface area contributed by atoms with E-state index in [0.717, 1.165) is 10.9 Å². The second-order valence-electron chi connectivity index (χ2n) is 2.77. The van der Waals surface area contributed by atoms with Gasteiger partial charge in [-0.3, -0.25) is 0 Å². The molecule has 1 aromatic heterocycles. The molecule has 0 aliphatic heterocycles. The molecule has 1 heterocycles. The van der Waals surface area contributed by atoms with Gasteiger partial charge in [0.25, 0.3) is 0 Å². The van der Waals surface area contributed by atoms with E-state index >= 15 is 0 Å². The average molecular weight is 161 g/mol. The standard InChI is InChI=1S/C9H9N2O/c1-11-6-8(10-12)7-4-2-3-5-9(7)11/h2-6,10H,1H3/q-1. The maximum absolute atomic E-state index is 10.5. The fourth-order valence-electron chi connectivity index (χ4n) is 1.42. The van der Waals surface area contributed by atoms with Gasteiger partial charge < -0.3 is 15.3 Å². The first-order valence-corrected chi connectivity index (χ1v) is 3.75. The van der Waals surface area contributed by atoms with Crippen LogP contribution in [0.3, 0.4) is 0 Å². The molecule has 0 unspecified atom stereocenters. The van der Waals surface area contributed by atoms with Crippen molar-refractivity contribution in [2.24, 2.45) is 7.05 Å². The van der Waals surface area contributed by atoms with Crippen LogP contribution in [-0.4, -0.2) is 4.57 Å². The molecule has 3 nitrogen and oxygen atoms in total. The first kappa shape index (κ1) is 7.18. The summed E-state index contributed by atoms with van der Waals surface area (Å²) in [7, 11) is 1.92. The molecule has 1 aromatic carbocycles. The van der Waals surface area contributed by atoms with Gasteiger partial charge in [0, 0.05) is 29.8 Å². The number of para-hydroxylation sites is 1. The highest BCUT2D eigenvalue weighted by Crippen LogP contribution is 2.23. The monoisotopic (exact) mass is 161 g/mol. The van der Waals surface area contributed by atoms with Crippen LogP contribution in [0.15, 0.2) is 30.5 Å². The molecule has 1 N–H and O–H groups in total. The zero-order chi connectivity index (χ0) is 8.55. The van der Waals surface area contributed by atoms with Gasteiger partial charge in [-0.05, 0) is 6.07 Å². The first-order valence-electron chi connectivity index (χ1n) is 3.75. The van der Waals surface area contributed by atoms with E-state index in [1.165, 1.54) is 0 Å². The molecule has 0 atom stereocenters. The minimum atomic E-state index is 0.633. The Bertz CT molecular complexity index is 406. The third-order valence-electron chi connectivity index (χ3n) is 2.01.